The molecule has 0 radical (unpaired) electrons. The van der Waals surface area contributed by atoms with Crippen LogP contribution in [0.3, 0.4) is 0 Å². The molecule has 0 spiro atoms. The Morgan fingerprint density at radius 3 is 2.45 bits per heavy atom. The molecule has 0 saturated carbocycles. The van der Waals surface area contributed by atoms with Gasteiger partial charge in [0, 0.05) is 20.5 Å². The number of rotatable bonds is 5. The van der Waals surface area contributed by atoms with Gasteiger partial charge in [-0.05, 0) is 59.6 Å². The largest absolute Gasteiger partial charge is 0.306 e. The molecule has 1 nitrogen and oxygen atoms in total. The normalized spacial score (nSPS) is 12.7. The summed E-state index contributed by atoms with van der Waals surface area (Å²) in [4.78, 5) is 1.22. The zero-order valence-corrected chi connectivity index (χ0v) is 15.3. The Hall–Kier alpha value is -0.0600. The molecule has 108 valence electrons. The maximum Gasteiger partial charge on any atom is 0.0731 e. The van der Waals surface area contributed by atoms with E-state index in [2.05, 4.69) is 41.2 Å². The van der Waals surface area contributed by atoms with Crippen LogP contribution in [0.2, 0.25) is 10.0 Å². The third kappa shape index (κ3) is 3.58. The number of aryl methyl sites for hydroxylation is 1. The average Bonchev–Trinajstić information content (AvgIpc) is 2.73. The van der Waals surface area contributed by atoms with Gasteiger partial charge in [0.1, 0.15) is 0 Å². The fourth-order valence-electron chi connectivity index (χ4n) is 2.05. The van der Waals surface area contributed by atoms with Gasteiger partial charge in [-0.2, -0.15) is 0 Å². The standard InChI is InChI=1S/C15H16BrCl2NS/c1-3-7-19-14(12-8-9(2)15(16)20-12)13-10(17)5-4-6-11(13)18/h4-6,8,14,19H,3,7H2,1-2H3. The highest BCUT2D eigenvalue weighted by Crippen LogP contribution is 2.39. The van der Waals surface area contributed by atoms with E-state index in [0.717, 1.165) is 22.3 Å². The van der Waals surface area contributed by atoms with Crippen LogP contribution in [-0.4, -0.2) is 6.54 Å². The molecule has 20 heavy (non-hydrogen) atoms. The van der Waals surface area contributed by atoms with Gasteiger partial charge >= 0.3 is 0 Å². The van der Waals surface area contributed by atoms with Gasteiger partial charge in [-0.1, -0.05) is 36.2 Å². The summed E-state index contributed by atoms with van der Waals surface area (Å²) in [6.07, 6.45) is 1.06. The summed E-state index contributed by atoms with van der Waals surface area (Å²) in [7, 11) is 0. The lowest BCUT2D eigenvalue weighted by atomic mass is 10.0. The van der Waals surface area contributed by atoms with Gasteiger partial charge in [-0.3, -0.25) is 0 Å². The number of hydrogen-bond acceptors (Lipinski definition) is 2. The van der Waals surface area contributed by atoms with Crippen molar-refractivity contribution >= 4 is 50.5 Å². The maximum absolute atomic E-state index is 6.37. The van der Waals surface area contributed by atoms with E-state index in [1.165, 1.54) is 10.4 Å². The SMILES string of the molecule is CCCNC(c1cc(C)c(Br)s1)c1c(Cl)cccc1Cl. The quantitative estimate of drug-likeness (QED) is 0.637. The van der Waals surface area contributed by atoms with Gasteiger partial charge in [0.2, 0.25) is 0 Å². The summed E-state index contributed by atoms with van der Waals surface area (Å²) in [5.41, 5.74) is 2.19. The molecule has 1 atom stereocenters. The zero-order valence-electron chi connectivity index (χ0n) is 11.3. The summed E-state index contributed by atoms with van der Waals surface area (Å²) in [6.45, 7) is 5.16. The monoisotopic (exact) mass is 391 g/mol. The van der Waals surface area contributed by atoms with E-state index < -0.39 is 0 Å². The van der Waals surface area contributed by atoms with Crippen LogP contribution in [0.5, 0.6) is 0 Å². The van der Waals surface area contributed by atoms with Gasteiger partial charge in [-0.15, -0.1) is 11.3 Å². The van der Waals surface area contributed by atoms with E-state index in [-0.39, 0.29) is 6.04 Å². The van der Waals surface area contributed by atoms with Crippen LogP contribution >= 0.6 is 50.5 Å². The molecular formula is C15H16BrCl2NS. The minimum atomic E-state index is 0.0335. The van der Waals surface area contributed by atoms with Crippen LogP contribution in [0.25, 0.3) is 0 Å². The lowest BCUT2D eigenvalue weighted by Gasteiger charge is -2.20. The Morgan fingerprint density at radius 1 is 1.30 bits per heavy atom. The minimum Gasteiger partial charge on any atom is -0.306 e. The van der Waals surface area contributed by atoms with Gasteiger partial charge in [0.15, 0.2) is 0 Å². The molecule has 1 N–H and O–H groups in total. The molecule has 0 amide bonds. The molecule has 5 heteroatoms. The van der Waals surface area contributed by atoms with Crippen molar-refractivity contribution in [2.75, 3.05) is 6.54 Å². The number of thiophene rings is 1. The molecule has 2 rings (SSSR count). The van der Waals surface area contributed by atoms with Crippen LogP contribution in [-0.2, 0) is 0 Å². The van der Waals surface area contributed by atoms with Crippen molar-refractivity contribution in [2.45, 2.75) is 26.3 Å². The van der Waals surface area contributed by atoms with E-state index in [1.807, 2.05) is 18.2 Å². The van der Waals surface area contributed by atoms with Crippen molar-refractivity contribution in [1.29, 1.82) is 0 Å². The summed E-state index contributed by atoms with van der Waals surface area (Å²) < 4.78 is 1.15. The first-order valence-electron chi connectivity index (χ1n) is 6.47. The van der Waals surface area contributed by atoms with Crippen molar-refractivity contribution in [3.05, 3.63) is 54.1 Å². The number of nitrogens with one attached hydrogen (secondary N) is 1. The molecular weight excluding hydrogens is 377 g/mol. The van der Waals surface area contributed by atoms with Crippen molar-refractivity contribution < 1.29 is 0 Å². The second kappa shape index (κ2) is 7.28. The lowest BCUT2D eigenvalue weighted by molar-refractivity contribution is 0.606. The zero-order chi connectivity index (χ0) is 14.7. The van der Waals surface area contributed by atoms with E-state index in [0.29, 0.717) is 10.0 Å². The second-order valence-corrected chi connectivity index (χ2v) is 7.84. The van der Waals surface area contributed by atoms with Crippen molar-refractivity contribution in [3.63, 3.8) is 0 Å². The fourth-order valence-corrected chi connectivity index (χ4v) is 4.32. The molecule has 0 aliphatic heterocycles. The molecule has 0 aliphatic rings. The molecule has 0 bridgehead atoms. The Labute approximate surface area is 142 Å². The number of hydrogen-bond donors (Lipinski definition) is 1. The van der Waals surface area contributed by atoms with Crippen LogP contribution in [0.1, 0.15) is 35.4 Å². The average molecular weight is 393 g/mol. The molecule has 1 aromatic carbocycles. The summed E-state index contributed by atoms with van der Waals surface area (Å²) in [5, 5.41) is 4.95. The van der Waals surface area contributed by atoms with Crippen LogP contribution in [0.4, 0.5) is 0 Å². The lowest BCUT2D eigenvalue weighted by Crippen LogP contribution is -2.23. The Bertz CT molecular complexity index is 558. The smallest absolute Gasteiger partial charge is 0.0731 e. The predicted octanol–water partition coefficient (Wildman–Crippen LogP) is 6.21. The molecule has 0 aliphatic carbocycles. The third-order valence-corrected chi connectivity index (χ3v) is 5.91. The fraction of sp³-hybridized carbons (Fsp3) is 0.333. The molecule has 1 heterocycles. The number of halogens is 3. The third-order valence-electron chi connectivity index (χ3n) is 3.05. The Kier molecular flexibility index (Phi) is 5.94. The molecule has 0 saturated heterocycles. The Balaban J connectivity index is 2.47. The maximum atomic E-state index is 6.37. The highest BCUT2D eigenvalue weighted by molar-refractivity contribution is 9.11. The number of benzene rings is 1. The van der Waals surface area contributed by atoms with Crippen molar-refractivity contribution in [3.8, 4) is 0 Å². The topological polar surface area (TPSA) is 12.0 Å². The predicted molar refractivity (Wildman–Crippen MR) is 93.4 cm³/mol. The van der Waals surface area contributed by atoms with Crippen molar-refractivity contribution in [1.82, 2.24) is 5.32 Å². The first-order chi connectivity index (χ1) is 9.54. The summed E-state index contributed by atoms with van der Waals surface area (Å²) >= 11 is 18.0. The van der Waals surface area contributed by atoms with Gasteiger partial charge < -0.3 is 5.32 Å². The molecule has 0 fully saturated rings. The van der Waals surface area contributed by atoms with E-state index in [1.54, 1.807) is 11.3 Å². The highest BCUT2D eigenvalue weighted by atomic mass is 79.9. The van der Waals surface area contributed by atoms with Crippen LogP contribution < -0.4 is 5.32 Å². The first-order valence-corrected chi connectivity index (χ1v) is 8.84. The molecule has 1 aromatic heterocycles. The van der Waals surface area contributed by atoms with Crippen LogP contribution in [0, 0.1) is 6.92 Å². The second-order valence-electron chi connectivity index (χ2n) is 4.63. The molecule has 2 aromatic rings. The highest BCUT2D eigenvalue weighted by Gasteiger charge is 2.21. The van der Waals surface area contributed by atoms with Gasteiger partial charge in [0.05, 0.1) is 9.83 Å². The first kappa shape index (κ1) is 16.3. The van der Waals surface area contributed by atoms with Gasteiger partial charge in [-0.25, -0.2) is 0 Å². The minimum absolute atomic E-state index is 0.0335. The molecule has 1 unspecified atom stereocenters. The van der Waals surface area contributed by atoms with Crippen molar-refractivity contribution in [2.24, 2.45) is 0 Å². The van der Waals surface area contributed by atoms with Crippen LogP contribution in [0.15, 0.2) is 28.1 Å². The van der Waals surface area contributed by atoms with Gasteiger partial charge in [0.25, 0.3) is 0 Å². The van der Waals surface area contributed by atoms with E-state index >= 15 is 0 Å². The summed E-state index contributed by atoms with van der Waals surface area (Å²) in [6, 6.07) is 7.87. The summed E-state index contributed by atoms with van der Waals surface area (Å²) in [5.74, 6) is 0. The Morgan fingerprint density at radius 2 is 1.95 bits per heavy atom. The van der Waals surface area contributed by atoms with E-state index in [9.17, 15) is 0 Å². The van der Waals surface area contributed by atoms with E-state index in [4.69, 9.17) is 23.2 Å².